The number of carbonyl (C=O) groups excluding carboxylic acids is 1. The third-order valence-electron chi connectivity index (χ3n) is 5.35. The number of halogens is 1. The van der Waals surface area contributed by atoms with Gasteiger partial charge in [0.2, 0.25) is 0 Å². The maximum absolute atomic E-state index is 12.0. The first-order valence-corrected chi connectivity index (χ1v) is 13.8. The predicted octanol–water partition coefficient (Wildman–Crippen LogP) is 7.11. The monoisotopic (exact) mass is 590 g/mol. The van der Waals surface area contributed by atoms with E-state index in [0.717, 1.165) is 27.3 Å². The second-order valence-electron chi connectivity index (χ2n) is 9.93. The normalized spacial score (nSPS) is 12.0. The Morgan fingerprint density at radius 1 is 1.19 bits per heavy atom. The van der Waals surface area contributed by atoms with Crippen molar-refractivity contribution in [1.29, 1.82) is 0 Å². The average molecular weight is 592 g/mol. The van der Waals surface area contributed by atoms with Crippen molar-refractivity contribution in [3.63, 3.8) is 0 Å². The zero-order valence-electron chi connectivity index (χ0n) is 22.2. The van der Waals surface area contributed by atoms with E-state index in [1.165, 1.54) is 11.3 Å². The Hall–Kier alpha value is -2.46. The summed E-state index contributed by atoms with van der Waals surface area (Å²) in [5.41, 5.74) is 3.70. The second-order valence-corrected chi connectivity index (χ2v) is 11.8. The van der Waals surface area contributed by atoms with Gasteiger partial charge in [-0.3, -0.25) is 0 Å². The molecule has 1 N–H and O–H groups in total. The van der Waals surface area contributed by atoms with E-state index in [1.807, 2.05) is 24.3 Å². The number of benzene rings is 2. The molecular formula is C28H35BrN2O5S. The van der Waals surface area contributed by atoms with E-state index >= 15 is 0 Å². The van der Waals surface area contributed by atoms with Crippen molar-refractivity contribution in [2.45, 2.75) is 46.1 Å². The number of aliphatic hydroxyl groups is 1. The van der Waals surface area contributed by atoms with Crippen LogP contribution in [0.15, 0.2) is 34.8 Å². The molecule has 0 aliphatic rings. The van der Waals surface area contributed by atoms with E-state index in [4.69, 9.17) is 24.3 Å². The summed E-state index contributed by atoms with van der Waals surface area (Å²) in [6.07, 6.45) is 3.23. The van der Waals surface area contributed by atoms with Gasteiger partial charge in [0.25, 0.3) is 0 Å². The second kappa shape index (κ2) is 12.9. The highest BCUT2D eigenvalue weighted by atomic mass is 79.9. The molecule has 200 valence electrons. The van der Waals surface area contributed by atoms with Crippen molar-refractivity contribution in [3.05, 3.63) is 50.9 Å². The summed E-state index contributed by atoms with van der Waals surface area (Å²) in [5.74, 6) is 0.741. The highest BCUT2D eigenvalue weighted by Crippen LogP contribution is 2.35. The van der Waals surface area contributed by atoms with E-state index in [-0.39, 0.29) is 6.61 Å². The molecule has 0 bridgehead atoms. The quantitative estimate of drug-likeness (QED) is 0.153. The third-order valence-corrected chi connectivity index (χ3v) is 6.95. The number of aromatic nitrogens is 1. The van der Waals surface area contributed by atoms with E-state index in [1.54, 1.807) is 38.2 Å². The van der Waals surface area contributed by atoms with Crippen molar-refractivity contribution < 1.29 is 24.1 Å². The minimum absolute atomic E-state index is 0.0328. The Morgan fingerprint density at radius 3 is 2.59 bits per heavy atom. The summed E-state index contributed by atoms with van der Waals surface area (Å²) in [4.78, 5) is 19.0. The summed E-state index contributed by atoms with van der Waals surface area (Å²) in [6.45, 7) is 11.4. The molecule has 3 aromatic rings. The van der Waals surface area contributed by atoms with Gasteiger partial charge in [-0.1, -0.05) is 26.0 Å². The molecule has 2 aromatic carbocycles. The molecule has 0 unspecified atom stereocenters. The summed E-state index contributed by atoms with van der Waals surface area (Å²) in [6, 6.07) is 9.86. The number of hydrogen-bond acceptors (Lipinski definition) is 8. The van der Waals surface area contributed by atoms with Gasteiger partial charge in [-0.15, -0.1) is 11.3 Å². The van der Waals surface area contributed by atoms with Crippen LogP contribution in [0, 0.1) is 0 Å². The highest BCUT2D eigenvalue weighted by Gasteiger charge is 2.19. The summed E-state index contributed by atoms with van der Waals surface area (Å²) < 4.78 is 17.7. The number of carbonyl (C=O) groups is 1. The number of likely N-dealkylation sites (N-methyl/N-ethyl adjacent to an activating group) is 1. The minimum Gasteiger partial charge on any atom is -0.428 e. The molecule has 0 fully saturated rings. The third kappa shape index (κ3) is 8.53. The Morgan fingerprint density at radius 2 is 1.95 bits per heavy atom. The zero-order chi connectivity index (χ0) is 27.2. The van der Waals surface area contributed by atoms with Gasteiger partial charge in [0.05, 0.1) is 34.5 Å². The lowest BCUT2D eigenvalue weighted by molar-refractivity contribution is 0.0204. The van der Waals surface area contributed by atoms with Crippen LogP contribution in [0.5, 0.6) is 5.75 Å². The maximum Gasteiger partial charge on any atom is 0.514 e. The van der Waals surface area contributed by atoms with Crippen LogP contribution in [-0.4, -0.2) is 55.3 Å². The van der Waals surface area contributed by atoms with Crippen LogP contribution in [0.25, 0.3) is 22.4 Å². The summed E-state index contributed by atoms with van der Waals surface area (Å²) >= 11 is 5.11. The van der Waals surface area contributed by atoms with Gasteiger partial charge in [0.1, 0.15) is 16.4 Å². The first-order valence-electron chi connectivity index (χ1n) is 12.2. The molecule has 0 saturated heterocycles. The minimum atomic E-state index is -0.741. The Bertz CT molecular complexity index is 1250. The fourth-order valence-electron chi connectivity index (χ4n) is 3.58. The van der Waals surface area contributed by atoms with Crippen LogP contribution in [0.2, 0.25) is 0 Å². The van der Waals surface area contributed by atoms with Crippen LogP contribution in [0.1, 0.15) is 56.7 Å². The lowest BCUT2D eigenvalue weighted by Gasteiger charge is -2.24. The van der Waals surface area contributed by atoms with Crippen molar-refractivity contribution in [3.8, 4) is 5.75 Å². The topological polar surface area (TPSA) is 81.1 Å². The van der Waals surface area contributed by atoms with Crippen LogP contribution in [-0.2, 0) is 9.47 Å². The van der Waals surface area contributed by atoms with Gasteiger partial charge in [-0.05, 0) is 84.1 Å². The SMILES string of the molecule is CC(C)c1cc2nc(/C=C/c3ccc(OC(=O)OC(C)(C)C)c(Br)c3)sc2cc1N(C)CCOCCO. The number of thiazole rings is 1. The van der Waals surface area contributed by atoms with E-state index in [0.29, 0.717) is 29.4 Å². The molecule has 9 heteroatoms. The number of aliphatic hydroxyl groups excluding tert-OH is 1. The van der Waals surface area contributed by atoms with E-state index in [9.17, 15) is 4.79 Å². The molecule has 0 spiro atoms. The van der Waals surface area contributed by atoms with Gasteiger partial charge >= 0.3 is 6.16 Å². The average Bonchev–Trinajstić information content (AvgIpc) is 3.22. The molecule has 0 atom stereocenters. The molecule has 37 heavy (non-hydrogen) atoms. The number of ether oxygens (including phenoxy) is 3. The number of nitrogens with zero attached hydrogens (tertiary/aromatic N) is 2. The number of rotatable bonds is 10. The van der Waals surface area contributed by atoms with Crippen molar-refractivity contribution in [1.82, 2.24) is 4.98 Å². The summed E-state index contributed by atoms with van der Waals surface area (Å²) in [5, 5.41) is 9.82. The summed E-state index contributed by atoms with van der Waals surface area (Å²) in [7, 11) is 2.06. The largest absolute Gasteiger partial charge is 0.514 e. The van der Waals surface area contributed by atoms with Gasteiger partial charge in [0.15, 0.2) is 0 Å². The van der Waals surface area contributed by atoms with E-state index in [2.05, 4.69) is 53.9 Å². The lowest BCUT2D eigenvalue weighted by atomic mass is 10.00. The van der Waals surface area contributed by atoms with E-state index < -0.39 is 11.8 Å². The van der Waals surface area contributed by atoms with Crippen molar-refractivity contribution >= 4 is 61.5 Å². The number of fused-ring (bicyclic) bond motifs is 1. The van der Waals surface area contributed by atoms with Gasteiger partial charge in [-0.2, -0.15) is 0 Å². The Labute approximate surface area is 231 Å². The molecule has 7 nitrogen and oxygen atoms in total. The Kier molecular flexibility index (Phi) is 10.1. The first kappa shape index (κ1) is 29.1. The molecule has 1 aromatic heterocycles. The first-order chi connectivity index (χ1) is 17.5. The zero-order valence-corrected chi connectivity index (χ0v) is 24.6. The van der Waals surface area contributed by atoms with Gasteiger partial charge in [0, 0.05) is 19.3 Å². The van der Waals surface area contributed by atoms with Gasteiger partial charge < -0.3 is 24.2 Å². The Balaban J connectivity index is 1.76. The molecular weight excluding hydrogens is 556 g/mol. The molecule has 0 saturated carbocycles. The molecule has 0 radical (unpaired) electrons. The maximum atomic E-state index is 12.0. The molecule has 0 aliphatic heterocycles. The number of hydrogen-bond donors (Lipinski definition) is 1. The van der Waals surface area contributed by atoms with Crippen LogP contribution < -0.4 is 9.64 Å². The fraction of sp³-hybridized carbons (Fsp3) is 0.429. The molecule has 0 aliphatic carbocycles. The molecule has 3 rings (SSSR count). The lowest BCUT2D eigenvalue weighted by Crippen LogP contribution is -2.26. The highest BCUT2D eigenvalue weighted by molar-refractivity contribution is 9.10. The van der Waals surface area contributed by atoms with Crippen molar-refractivity contribution in [2.24, 2.45) is 0 Å². The van der Waals surface area contributed by atoms with Crippen molar-refractivity contribution in [2.75, 3.05) is 38.3 Å². The van der Waals surface area contributed by atoms with Crippen LogP contribution in [0.4, 0.5) is 10.5 Å². The van der Waals surface area contributed by atoms with Gasteiger partial charge in [-0.25, -0.2) is 9.78 Å². The van der Waals surface area contributed by atoms with Crippen LogP contribution in [0.3, 0.4) is 0 Å². The smallest absolute Gasteiger partial charge is 0.428 e. The van der Waals surface area contributed by atoms with Crippen LogP contribution >= 0.6 is 27.3 Å². The predicted molar refractivity (Wildman–Crippen MR) is 155 cm³/mol. The molecule has 0 amide bonds. The molecule has 1 heterocycles. The fourth-order valence-corrected chi connectivity index (χ4v) is 4.94. The number of anilines is 1. The standard InChI is InChI=1S/C28H35BrN2O5S/c1-18(2)20-16-22-25(17-23(20)31(6)11-13-34-14-12-32)37-26(30-22)10-8-19-7-9-24(21(29)15-19)35-27(33)36-28(3,4)5/h7-10,15-18,32H,11-14H2,1-6H3/b10-8+.